The van der Waals surface area contributed by atoms with E-state index in [9.17, 15) is 9.59 Å². The van der Waals surface area contributed by atoms with Crippen LogP contribution in [0.1, 0.15) is 12.5 Å². The Hall–Kier alpha value is -3.28. The predicted octanol–water partition coefficient (Wildman–Crippen LogP) is 2.84. The molecule has 0 aliphatic heterocycles. The highest BCUT2D eigenvalue weighted by Crippen LogP contribution is 2.19. The first-order valence-corrected chi connectivity index (χ1v) is 8.86. The quantitative estimate of drug-likeness (QED) is 0.601. The number of carbonyl (C=O) groups excluding carboxylic acids is 2. The van der Waals surface area contributed by atoms with Gasteiger partial charge in [-0.2, -0.15) is 0 Å². The lowest BCUT2D eigenvalue weighted by molar-refractivity contribution is -0.147. The summed E-state index contributed by atoms with van der Waals surface area (Å²) in [6.45, 7) is 1.81. The van der Waals surface area contributed by atoms with Crippen LogP contribution in [0.2, 0.25) is 0 Å². The van der Waals surface area contributed by atoms with E-state index in [1.807, 2.05) is 48.7 Å². The van der Waals surface area contributed by atoms with E-state index >= 15 is 0 Å². The lowest BCUT2D eigenvalue weighted by Gasteiger charge is -2.17. The summed E-state index contributed by atoms with van der Waals surface area (Å²) >= 11 is 0. The van der Waals surface area contributed by atoms with Crippen LogP contribution < -0.4 is 10.1 Å². The second-order valence-corrected chi connectivity index (χ2v) is 6.04. The van der Waals surface area contributed by atoms with Crippen LogP contribution in [0.4, 0.5) is 0 Å². The fraction of sp³-hybridized carbons (Fsp3) is 0.238. The molecule has 0 aliphatic carbocycles. The van der Waals surface area contributed by atoms with Crippen molar-refractivity contribution in [2.75, 3.05) is 13.2 Å². The molecule has 1 amide bonds. The van der Waals surface area contributed by atoms with Gasteiger partial charge in [0, 0.05) is 23.5 Å². The van der Waals surface area contributed by atoms with Crippen LogP contribution in [0.25, 0.3) is 10.9 Å². The molecule has 0 unspecified atom stereocenters. The maximum atomic E-state index is 12.3. The number of rotatable bonds is 8. The molecule has 6 nitrogen and oxygen atoms in total. The van der Waals surface area contributed by atoms with Crippen LogP contribution in [0.3, 0.4) is 0 Å². The van der Waals surface area contributed by atoms with Gasteiger partial charge in [0.25, 0.3) is 5.91 Å². The summed E-state index contributed by atoms with van der Waals surface area (Å²) in [7, 11) is 0. The molecule has 27 heavy (non-hydrogen) atoms. The Morgan fingerprint density at radius 3 is 2.59 bits per heavy atom. The van der Waals surface area contributed by atoms with E-state index in [1.165, 1.54) is 0 Å². The van der Waals surface area contributed by atoms with Crippen molar-refractivity contribution >= 4 is 22.8 Å². The Morgan fingerprint density at radius 2 is 1.81 bits per heavy atom. The summed E-state index contributed by atoms with van der Waals surface area (Å²) in [5.41, 5.74) is 1.92. The number of para-hydroxylation sites is 2. The van der Waals surface area contributed by atoms with Crippen LogP contribution >= 0.6 is 0 Å². The molecule has 0 spiro atoms. The molecule has 0 aliphatic rings. The van der Waals surface area contributed by atoms with Gasteiger partial charge in [0.1, 0.15) is 11.8 Å². The number of aromatic nitrogens is 1. The number of carbonyl (C=O) groups is 2. The first-order valence-electron chi connectivity index (χ1n) is 8.86. The molecule has 2 aromatic carbocycles. The Morgan fingerprint density at radius 1 is 1.07 bits per heavy atom. The zero-order valence-electron chi connectivity index (χ0n) is 15.1. The van der Waals surface area contributed by atoms with E-state index in [-0.39, 0.29) is 19.1 Å². The Bertz CT molecular complexity index is 905. The van der Waals surface area contributed by atoms with Crippen LogP contribution in [0.15, 0.2) is 60.8 Å². The third kappa shape index (κ3) is 4.88. The molecule has 0 saturated carbocycles. The third-order valence-corrected chi connectivity index (χ3v) is 4.12. The van der Waals surface area contributed by atoms with E-state index in [1.54, 1.807) is 19.1 Å². The molecular formula is C21H22N2O4. The lowest BCUT2D eigenvalue weighted by atomic mass is 10.0. The number of benzene rings is 2. The summed E-state index contributed by atoms with van der Waals surface area (Å²) in [5.74, 6) is -0.246. The van der Waals surface area contributed by atoms with E-state index in [4.69, 9.17) is 9.47 Å². The Kier molecular flexibility index (Phi) is 6.10. The molecule has 1 aromatic heterocycles. The van der Waals surface area contributed by atoms with Crippen molar-refractivity contribution in [1.82, 2.24) is 10.3 Å². The maximum Gasteiger partial charge on any atom is 0.328 e. The molecule has 0 radical (unpaired) electrons. The molecule has 2 N–H and O–H groups in total. The number of ether oxygens (including phenoxy) is 2. The zero-order valence-corrected chi connectivity index (χ0v) is 15.1. The molecule has 6 heteroatoms. The largest absolute Gasteiger partial charge is 0.484 e. The van der Waals surface area contributed by atoms with Gasteiger partial charge in [-0.15, -0.1) is 0 Å². The lowest BCUT2D eigenvalue weighted by Crippen LogP contribution is -2.45. The maximum absolute atomic E-state index is 12.3. The zero-order chi connectivity index (χ0) is 19.1. The third-order valence-electron chi connectivity index (χ3n) is 4.12. The molecule has 1 atom stereocenters. The molecular weight excluding hydrogens is 344 g/mol. The molecule has 0 fully saturated rings. The van der Waals surface area contributed by atoms with Crippen molar-refractivity contribution < 1.29 is 19.1 Å². The van der Waals surface area contributed by atoms with Gasteiger partial charge in [-0.05, 0) is 30.7 Å². The molecule has 0 bridgehead atoms. The van der Waals surface area contributed by atoms with Crippen LogP contribution in [-0.2, 0) is 20.7 Å². The SMILES string of the molecule is CCOC(=O)[C@@H](Cc1c[nH]c2ccccc12)NC(=O)COc1ccccc1. The number of hydrogen-bond donors (Lipinski definition) is 2. The van der Waals surface area contributed by atoms with Crippen molar-refractivity contribution in [1.29, 1.82) is 0 Å². The van der Waals surface area contributed by atoms with Gasteiger partial charge in [0.2, 0.25) is 0 Å². The van der Waals surface area contributed by atoms with E-state index in [0.29, 0.717) is 12.2 Å². The molecule has 1 heterocycles. The van der Waals surface area contributed by atoms with E-state index < -0.39 is 12.0 Å². The van der Waals surface area contributed by atoms with Crippen molar-refractivity contribution in [2.24, 2.45) is 0 Å². The smallest absolute Gasteiger partial charge is 0.328 e. The number of fused-ring (bicyclic) bond motifs is 1. The number of hydrogen-bond acceptors (Lipinski definition) is 4. The highest BCUT2D eigenvalue weighted by molar-refractivity contribution is 5.87. The van der Waals surface area contributed by atoms with Crippen molar-refractivity contribution in [3.63, 3.8) is 0 Å². The van der Waals surface area contributed by atoms with Crippen LogP contribution in [0, 0.1) is 0 Å². The van der Waals surface area contributed by atoms with Gasteiger partial charge >= 0.3 is 5.97 Å². The number of H-pyrrole nitrogens is 1. The number of aromatic amines is 1. The molecule has 0 saturated heterocycles. The summed E-state index contributed by atoms with van der Waals surface area (Å²) < 4.78 is 10.6. The van der Waals surface area contributed by atoms with Crippen molar-refractivity contribution in [3.8, 4) is 5.75 Å². The fourth-order valence-electron chi connectivity index (χ4n) is 2.86. The summed E-state index contributed by atoms with van der Waals surface area (Å²) in [6.07, 6.45) is 2.18. The molecule has 140 valence electrons. The standard InChI is InChI=1S/C21H22N2O4/c1-2-26-21(25)19(12-15-13-22-18-11-7-6-10-17(15)18)23-20(24)14-27-16-8-4-3-5-9-16/h3-11,13,19,22H,2,12,14H2,1H3,(H,23,24)/t19-/m1/s1. The molecule has 3 aromatic rings. The predicted molar refractivity (Wildman–Crippen MR) is 103 cm³/mol. The minimum atomic E-state index is -0.781. The summed E-state index contributed by atoms with van der Waals surface area (Å²) in [5, 5.41) is 3.74. The Balaban J connectivity index is 1.67. The summed E-state index contributed by atoms with van der Waals surface area (Å²) in [6, 6.07) is 16.1. The van der Waals surface area contributed by atoms with Gasteiger partial charge < -0.3 is 19.8 Å². The fourth-order valence-corrected chi connectivity index (χ4v) is 2.86. The van der Waals surface area contributed by atoms with Gasteiger partial charge in [-0.3, -0.25) is 4.79 Å². The van der Waals surface area contributed by atoms with Crippen molar-refractivity contribution in [3.05, 3.63) is 66.4 Å². The minimum Gasteiger partial charge on any atom is -0.484 e. The second-order valence-electron chi connectivity index (χ2n) is 6.04. The Labute approximate surface area is 157 Å². The van der Waals surface area contributed by atoms with Crippen LogP contribution in [-0.4, -0.2) is 36.1 Å². The van der Waals surface area contributed by atoms with Crippen LogP contribution in [0.5, 0.6) is 5.75 Å². The summed E-state index contributed by atoms with van der Waals surface area (Å²) in [4.78, 5) is 27.8. The van der Waals surface area contributed by atoms with Crippen molar-refractivity contribution in [2.45, 2.75) is 19.4 Å². The minimum absolute atomic E-state index is 0.173. The number of nitrogens with one attached hydrogen (secondary N) is 2. The average molecular weight is 366 g/mol. The average Bonchev–Trinajstić information content (AvgIpc) is 3.10. The van der Waals surface area contributed by atoms with Gasteiger partial charge in [-0.25, -0.2) is 4.79 Å². The highest BCUT2D eigenvalue weighted by atomic mass is 16.5. The number of esters is 1. The normalized spacial score (nSPS) is 11.7. The molecule has 3 rings (SSSR count). The second kappa shape index (κ2) is 8.89. The van der Waals surface area contributed by atoms with E-state index in [0.717, 1.165) is 16.5 Å². The first-order chi connectivity index (χ1) is 13.2. The van der Waals surface area contributed by atoms with Gasteiger partial charge in [-0.1, -0.05) is 36.4 Å². The first kappa shape index (κ1) is 18.5. The monoisotopic (exact) mass is 366 g/mol. The van der Waals surface area contributed by atoms with Gasteiger partial charge in [0.05, 0.1) is 6.61 Å². The topological polar surface area (TPSA) is 80.4 Å². The van der Waals surface area contributed by atoms with Gasteiger partial charge in [0.15, 0.2) is 6.61 Å². The highest BCUT2D eigenvalue weighted by Gasteiger charge is 2.24. The number of amides is 1. The van der Waals surface area contributed by atoms with E-state index in [2.05, 4.69) is 10.3 Å².